The van der Waals surface area contributed by atoms with Crippen molar-refractivity contribution in [3.05, 3.63) is 53.6 Å². The number of nitrogens with two attached hydrogens (primary N) is 1. The molecule has 0 radical (unpaired) electrons. The van der Waals surface area contributed by atoms with Crippen LogP contribution in [0, 0.1) is 0 Å². The lowest BCUT2D eigenvalue weighted by molar-refractivity contribution is -0.123. The quantitative estimate of drug-likeness (QED) is 0.833. The van der Waals surface area contributed by atoms with Crippen molar-refractivity contribution in [3.8, 4) is 17.2 Å². The van der Waals surface area contributed by atoms with Crippen molar-refractivity contribution in [2.75, 3.05) is 13.4 Å². The average Bonchev–Trinajstić information content (AvgIpc) is 3.08. The Kier molecular flexibility index (Phi) is 4.74. The minimum Gasteiger partial charge on any atom is -0.484 e. The zero-order chi connectivity index (χ0) is 17.8. The molecule has 0 spiro atoms. The van der Waals surface area contributed by atoms with Crippen LogP contribution >= 0.6 is 0 Å². The summed E-state index contributed by atoms with van der Waals surface area (Å²) in [5.74, 6) is 1.08. The molecule has 0 fully saturated rings. The van der Waals surface area contributed by atoms with Crippen LogP contribution < -0.4 is 25.3 Å². The van der Waals surface area contributed by atoms with Crippen LogP contribution in [0.3, 0.4) is 0 Å². The third-order valence-electron chi connectivity index (χ3n) is 3.78. The molecule has 0 bridgehead atoms. The normalized spacial score (nSPS) is 13.2. The lowest BCUT2D eigenvalue weighted by Crippen LogP contribution is -2.31. The van der Waals surface area contributed by atoms with E-state index in [0.29, 0.717) is 22.8 Å². The largest absolute Gasteiger partial charge is 0.484 e. The van der Waals surface area contributed by atoms with Crippen molar-refractivity contribution < 1.29 is 23.8 Å². The second-order valence-corrected chi connectivity index (χ2v) is 5.58. The molecular weight excluding hydrogens is 324 g/mol. The summed E-state index contributed by atoms with van der Waals surface area (Å²) in [6.45, 7) is 1.95. The molecule has 0 aromatic heterocycles. The number of amides is 2. The number of ether oxygens (including phenoxy) is 3. The summed E-state index contributed by atoms with van der Waals surface area (Å²) in [7, 11) is 0. The van der Waals surface area contributed by atoms with Gasteiger partial charge < -0.3 is 25.3 Å². The van der Waals surface area contributed by atoms with E-state index in [4.69, 9.17) is 19.9 Å². The van der Waals surface area contributed by atoms with E-state index in [1.807, 2.05) is 25.1 Å². The van der Waals surface area contributed by atoms with Crippen molar-refractivity contribution in [1.29, 1.82) is 0 Å². The van der Waals surface area contributed by atoms with Gasteiger partial charge in [-0.1, -0.05) is 6.07 Å². The number of fused-ring (bicyclic) bond motifs is 1. The molecule has 2 aromatic rings. The standard InChI is InChI=1S/C18H18N2O5/c1-11(13-4-7-15-16(8-13)25-10-24-15)20-17(21)9-23-14-5-2-12(3-6-14)18(19)22/h2-8,11H,9-10H2,1H3,(H2,19,22)(H,20,21)/t11-/m0/s1. The first-order valence-electron chi connectivity index (χ1n) is 7.74. The average molecular weight is 342 g/mol. The number of primary amides is 1. The SMILES string of the molecule is C[C@H](NC(=O)COc1ccc(C(N)=O)cc1)c1ccc2c(c1)OCO2. The number of benzene rings is 2. The number of hydrogen-bond donors (Lipinski definition) is 2. The van der Waals surface area contributed by atoms with Crippen LogP contribution in [0.5, 0.6) is 17.2 Å². The molecule has 2 aromatic carbocycles. The Hall–Kier alpha value is -3.22. The second kappa shape index (κ2) is 7.12. The van der Waals surface area contributed by atoms with Gasteiger partial charge in [-0.05, 0) is 48.9 Å². The van der Waals surface area contributed by atoms with Gasteiger partial charge in [-0.2, -0.15) is 0 Å². The van der Waals surface area contributed by atoms with Gasteiger partial charge >= 0.3 is 0 Å². The molecule has 25 heavy (non-hydrogen) atoms. The highest BCUT2D eigenvalue weighted by atomic mass is 16.7. The van der Waals surface area contributed by atoms with Gasteiger partial charge in [0.1, 0.15) is 5.75 Å². The Morgan fingerprint density at radius 3 is 2.60 bits per heavy atom. The van der Waals surface area contributed by atoms with Crippen LogP contribution in [0.15, 0.2) is 42.5 Å². The molecule has 3 N–H and O–H groups in total. The number of nitrogens with one attached hydrogen (secondary N) is 1. The third-order valence-corrected chi connectivity index (χ3v) is 3.78. The molecule has 0 aliphatic carbocycles. The van der Waals surface area contributed by atoms with E-state index in [9.17, 15) is 9.59 Å². The summed E-state index contributed by atoms with van der Waals surface area (Å²) in [6.07, 6.45) is 0. The van der Waals surface area contributed by atoms with Crippen LogP contribution in [-0.4, -0.2) is 25.2 Å². The first-order valence-corrected chi connectivity index (χ1v) is 7.74. The van der Waals surface area contributed by atoms with E-state index in [1.165, 1.54) is 0 Å². The van der Waals surface area contributed by atoms with Crippen LogP contribution in [0.4, 0.5) is 0 Å². The third kappa shape index (κ3) is 4.00. The topological polar surface area (TPSA) is 99.9 Å². The van der Waals surface area contributed by atoms with Crippen molar-refractivity contribution in [2.24, 2.45) is 5.73 Å². The molecule has 2 amide bonds. The minimum atomic E-state index is -0.512. The fourth-order valence-corrected chi connectivity index (χ4v) is 2.41. The van der Waals surface area contributed by atoms with E-state index in [1.54, 1.807) is 24.3 Å². The van der Waals surface area contributed by atoms with Crippen molar-refractivity contribution >= 4 is 11.8 Å². The van der Waals surface area contributed by atoms with Crippen molar-refractivity contribution in [1.82, 2.24) is 5.32 Å². The Bertz CT molecular complexity index is 789. The number of rotatable bonds is 6. The van der Waals surface area contributed by atoms with Gasteiger partial charge in [-0.25, -0.2) is 0 Å². The molecule has 1 aliphatic heterocycles. The molecule has 0 unspecified atom stereocenters. The highest BCUT2D eigenvalue weighted by Gasteiger charge is 2.17. The summed E-state index contributed by atoms with van der Waals surface area (Å²) in [5.41, 5.74) is 6.46. The monoisotopic (exact) mass is 342 g/mol. The van der Waals surface area contributed by atoms with Crippen LogP contribution in [-0.2, 0) is 4.79 Å². The molecule has 0 saturated carbocycles. The first kappa shape index (κ1) is 16.6. The second-order valence-electron chi connectivity index (χ2n) is 5.58. The van der Waals surface area contributed by atoms with Crippen molar-refractivity contribution in [2.45, 2.75) is 13.0 Å². The Balaban J connectivity index is 1.52. The Labute approximate surface area is 144 Å². The van der Waals surface area contributed by atoms with E-state index in [-0.39, 0.29) is 25.3 Å². The molecule has 3 rings (SSSR count). The van der Waals surface area contributed by atoms with Gasteiger partial charge in [-0.15, -0.1) is 0 Å². The lowest BCUT2D eigenvalue weighted by atomic mass is 10.1. The zero-order valence-electron chi connectivity index (χ0n) is 13.7. The number of hydrogen-bond acceptors (Lipinski definition) is 5. The summed E-state index contributed by atoms with van der Waals surface area (Å²) in [6, 6.07) is 11.6. The molecule has 7 nitrogen and oxygen atoms in total. The van der Waals surface area contributed by atoms with Gasteiger partial charge in [0, 0.05) is 5.56 Å². The molecule has 1 aliphatic rings. The van der Waals surface area contributed by atoms with Gasteiger partial charge in [-0.3, -0.25) is 9.59 Å². The smallest absolute Gasteiger partial charge is 0.258 e. The molecular formula is C18H18N2O5. The van der Waals surface area contributed by atoms with Gasteiger partial charge in [0.25, 0.3) is 5.91 Å². The maximum atomic E-state index is 12.0. The van der Waals surface area contributed by atoms with E-state index < -0.39 is 5.91 Å². The Morgan fingerprint density at radius 2 is 1.88 bits per heavy atom. The summed E-state index contributed by atoms with van der Waals surface area (Å²) < 4.78 is 16.0. The Morgan fingerprint density at radius 1 is 1.16 bits per heavy atom. The van der Waals surface area contributed by atoms with Gasteiger partial charge in [0.2, 0.25) is 12.7 Å². The number of carbonyl (C=O) groups excluding carboxylic acids is 2. The summed E-state index contributed by atoms with van der Waals surface area (Å²) in [4.78, 5) is 23.0. The van der Waals surface area contributed by atoms with Gasteiger partial charge in [0.15, 0.2) is 18.1 Å². The van der Waals surface area contributed by atoms with Crippen LogP contribution in [0.2, 0.25) is 0 Å². The lowest BCUT2D eigenvalue weighted by Gasteiger charge is -2.15. The van der Waals surface area contributed by atoms with E-state index >= 15 is 0 Å². The highest BCUT2D eigenvalue weighted by Crippen LogP contribution is 2.34. The first-order chi connectivity index (χ1) is 12.0. The molecule has 130 valence electrons. The molecule has 1 atom stereocenters. The van der Waals surface area contributed by atoms with E-state index in [0.717, 1.165) is 5.56 Å². The summed E-state index contributed by atoms with van der Waals surface area (Å²) >= 11 is 0. The van der Waals surface area contributed by atoms with Crippen LogP contribution in [0.1, 0.15) is 28.9 Å². The number of carbonyl (C=O) groups is 2. The van der Waals surface area contributed by atoms with Gasteiger partial charge in [0.05, 0.1) is 6.04 Å². The van der Waals surface area contributed by atoms with E-state index in [2.05, 4.69) is 5.32 Å². The highest BCUT2D eigenvalue weighted by molar-refractivity contribution is 5.92. The van der Waals surface area contributed by atoms with Crippen LogP contribution in [0.25, 0.3) is 0 Å². The predicted molar refractivity (Wildman–Crippen MR) is 89.6 cm³/mol. The fourth-order valence-electron chi connectivity index (χ4n) is 2.41. The fraction of sp³-hybridized carbons (Fsp3) is 0.222. The maximum Gasteiger partial charge on any atom is 0.258 e. The summed E-state index contributed by atoms with van der Waals surface area (Å²) in [5, 5.41) is 2.85. The zero-order valence-corrected chi connectivity index (χ0v) is 13.7. The van der Waals surface area contributed by atoms with Crippen molar-refractivity contribution in [3.63, 3.8) is 0 Å². The maximum absolute atomic E-state index is 12.0. The minimum absolute atomic E-state index is 0.134. The molecule has 1 heterocycles. The predicted octanol–water partition coefficient (Wildman–Crippen LogP) is 1.77. The molecule has 7 heteroatoms. The molecule has 0 saturated heterocycles.